The second-order valence-electron chi connectivity index (χ2n) is 13.4. The van der Waals surface area contributed by atoms with E-state index in [1.807, 2.05) is 59.4 Å². The zero-order chi connectivity index (χ0) is 31.9. The van der Waals surface area contributed by atoms with Crippen LogP contribution in [0.25, 0.3) is 11.0 Å². The summed E-state index contributed by atoms with van der Waals surface area (Å²) in [5.74, 6) is -0.0891. The Morgan fingerprint density at radius 3 is 2.45 bits per heavy atom. The summed E-state index contributed by atoms with van der Waals surface area (Å²) in [6.45, 7) is 14.1. The largest absolute Gasteiger partial charge is 0.444 e. The van der Waals surface area contributed by atoms with Crippen LogP contribution in [-0.4, -0.2) is 113 Å². The van der Waals surface area contributed by atoms with Crippen molar-refractivity contribution in [3.63, 3.8) is 0 Å². The van der Waals surface area contributed by atoms with E-state index in [0.717, 1.165) is 30.3 Å². The second kappa shape index (κ2) is 15.2. The summed E-state index contributed by atoms with van der Waals surface area (Å²) in [6.07, 6.45) is 2.81. The summed E-state index contributed by atoms with van der Waals surface area (Å²) < 4.78 is 18.5. The van der Waals surface area contributed by atoms with Crippen molar-refractivity contribution < 1.29 is 28.6 Å². The molecule has 44 heavy (non-hydrogen) atoms. The van der Waals surface area contributed by atoms with Crippen LogP contribution < -0.4 is 0 Å². The van der Waals surface area contributed by atoms with E-state index in [-0.39, 0.29) is 36.9 Å². The van der Waals surface area contributed by atoms with Crippen molar-refractivity contribution in [1.82, 2.24) is 24.3 Å². The SMILES string of the molecule is COCCCCCn1c(C(=O)N(CC(C)C)[C@H]2C[C@@H](C(=O)N3CCOCC3)CN(C(=O)OC(C)(C)C)C2)nc2ccccc21. The minimum Gasteiger partial charge on any atom is -0.444 e. The topological polar surface area (TPSA) is 106 Å². The number of ether oxygens (including phenoxy) is 3. The number of likely N-dealkylation sites (tertiary alicyclic amines) is 1. The van der Waals surface area contributed by atoms with Crippen molar-refractivity contribution in [3.8, 4) is 0 Å². The van der Waals surface area contributed by atoms with E-state index in [4.69, 9.17) is 19.2 Å². The molecule has 3 heterocycles. The molecule has 2 aliphatic rings. The number of aromatic nitrogens is 2. The van der Waals surface area contributed by atoms with Crippen molar-refractivity contribution in [2.24, 2.45) is 11.8 Å². The molecule has 0 spiro atoms. The van der Waals surface area contributed by atoms with E-state index >= 15 is 0 Å². The Labute approximate surface area is 261 Å². The molecule has 1 aromatic heterocycles. The molecule has 11 nitrogen and oxygen atoms in total. The Balaban J connectivity index is 1.66. The maximum absolute atomic E-state index is 14.6. The zero-order valence-electron chi connectivity index (χ0n) is 27.4. The summed E-state index contributed by atoms with van der Waals surface area (Å²) in [7, 11) is 1.71. The third-order valence-electron chi connectivity index (χ3n) is 8.09. The van der Waals surface area contributed by atoms with Crippen LogP contribution in [0, 0.1) is 11.8 Å². The number of imidazole rings is 1. The lowest BCUT2D eigenvalue weighted by Gasteiger charge is -2.44. The van der Waals surface area contributed by atoms with E-state index in [1.165, 1.54) is 0 Å². The highest BCUT2D eigenvalue weighted by atomic mass is 16.6. The number of amides is 3. The molecule has 0 radical (unpaired) electrons. The van der Waals surface area contributed by atoms with Crippen LogP contribution in [0.5, 0.6) is 0 Å². The summed E-state index contributed by atoms with van der Waals surface area (Å²) >= 11 is 0. The van der Waals surface area contributed by atoms with E-state index < -0.39 is 17.6 Å². The molecule has 2 saturated heterocycles. The molecule has 4 rings (SSSR count). The highest BCUT2D eigenvalue weighted by Gasteiger charge is 2.41. The van der Waals surface area contributed by atoms with Gasteiger partial charge in [-0.2, -0.15) is 0 Å². The van der Waals surface area contributed by atoms with Crippen molar-refractivity contribution in [2.45, 2.75) is 78.5 Å². The molecule has 0 bridgehead atoms. The van der Waals surface area contributed by atoms with Crippen LogP contribution in [0.2, 0.25) is 0 Å². The first kappa shape index (κ1) is 33.7. The van der Waals surface area contributed by atoms with Gasteiger partial charge in [-0.15, -0.1) is 0 Å². The Bertz CT molecular complexity index is 1270. The number of unbranched alkanes of at least 4 members (excludes halogenated alkanes) is 2. The van der Waals surface area contributed by atoms with Gasteiger partial charge in [0.1, 0.15) is 5.60 Å². The van der Waals surface area contributed by atoms with Crippen molar-refractivity contribution in [1.29, 1.82) is 0 Å². The van der Waals surface area contributed by atoms with Gasteiger partial charge in [0.05, 0.1) is 36.2 Å². The van der Waals surface area contributed by atoms with Crippen LogP contribution >= 0.6 is 0 Å². The molecule has 244 valence electrons. The Kier molecular flexibility index (Phi) is 11.6. The lowest BCUT2D eigenvalue weighted by atomic mass is 9.91. The number of hydrogen-bond acceptors (Lipinski definition) is 7. The zero-order valence-corrected chi connectivity index (χ0v) is 27.4. The number of piperidine rings is 1. The Morgan fingerprint density at radius 1 is 1.05 bits per heavy atom. The summed E-state index contributed by atoms with van der Waals surface area (Å²) in [5, 5.41) is 0. The number of fused-ring (bicyclic) bond motifs is 1. The monoisotopic (exact) mass is 613 g/mol. The first-order valence-corrected chi connectivity index (χ1v) is 16.1. The molecule has 2 fully saturated rings. The van der Waals surface area contributed by atoms with Crippen LogP contribution in [0.15, 0.2) is 24.3 Å². The molecule has 2 aromatic rings. The molecular formula is C33H51N5O6. The van der Waals surface area contributed by atoms with Gasteiger partial charge < -0.3 is 33.5 Å². The molecule has 2 atom stereocenters. The Hall–Kier alpha value is -3.18. The maximum atomic E-state index is 14.6. The highest BCUT2D eigenvalue weighted by molar-refractivity contribution is 5.95. The predicted molar refractivity (Wildman–Crippen MR) is 168 cm³/mol. The minimum absolute atomic E-state index is 0.00759. The van der Waals surface area contributed by atoms with Gasteiger partial charge in [0.2, 0.25) is 5.91 Å². The van der Waals surface area contributed by atoms with Gasteiger partial charge in [0, 0.05) is 53.0 Å². The Morgan fingerprint density at radius 2 is 1.77 bits per heavy atom. The lowest BCUT2D eigenvalue weighted by Crippen LogP contribution is -2.58. The molecule has 3 amide bonds. The first-order chi connectivity index (χ1) is 21.0. The predicted octanol–water partition coefficient (Wildman–Crippen LogP) is 4.44. The number of nitrogens with zero attached hydrogens (tertiary/aromatic N) is 5. The average molecular weight is 614 g/mol. The average Bonchev–Trinajstić information content (AvgIpc) is 3.37. The standard InChI is InChI=1S/C33H51N5O6/c1-24(2)21-38(31(40)29-34-27-12-8-9-13-28(27)37(29)14-10-7-11-17-42-6)26-20-25(30(39)35-15-18-43-19-16-35)22-36(23-26)32(41)44-33(3,4)5/h8-9,12-13,24-26H,7,10-11,14-23H2,1-6H3/t25-,26+/m1/s1. The van der Waals surface area contributed by atoms with Crippen LogP contribution in [0.3, 0.4) is 0 Å². The summed E-state index contributed by atoms with van der Waals surface area (Å²) in [4.78, 5) is 51.8. The summed E-state index contributed by atoms with van der Waals surface area (Å²) in [6, 6.07) is 7.45. The van der Waals surface area contributed by atoms with Gasteiger partial charge in [0.25, 0.3) is 5.91 Å². The van der Waals surface area contributed by atoms with Gasteiger partial charge in [-0.25, -0.2) is 9.78 Å². The second-order valence-corrected chi connectivity index (χ2v) is 13.4. The van der Waals surface area contributed by atoms with Crippen LogP contribution in [0.4, 0.5) is 4.79 Å². The molecule has 0 N–H and O–H groups in total. The normalized spacial score (nSPS) is 19.4. The van der Waals surface area contributed by atoms with Gasteiger partial charge in [-0.1, -0.05) is 26.0 Å². The molecule has 2 aliphatic heterocycles. The summed E-state index contributed by atoms with van der Waals surface area (Å²) in [5.41, 5.74) is 1.01. The molecule has 0 saturated carbocycles. The van der Waals surface area contributed by atoms with Gasteiger partial charge in [-0.05, 0) is 64.5 Å². The van der Waals surface area contributed by atoms with Crippen molar-refractivity contribution >= 4 is 28.9 Å². The number of para-hydroxylation sites is 2. The van der Waals surface area contributed by atoms with Gasteiger partial charge in [-0.3, -0.25) is 9.59 Å². The number of morpholine rings is 1. The van der Waals surface area contributed by atoms with Crippen LogP contribution in [-0.2, 0) is 25.5 Å². The molecular weight excluding hydrogens is 562 g/mol. The third kappa shape index (κ3) is 8.72. The lowest BCUT2D eigenvalue weighted by molar-refractivity contribution is -0.142. The quantitative estimate of drug-likeness (QED) is 0.345. The van der Waals surface area contributed by atoms with Crippen LogP contribution in [0.1, 0.15) is 70.9 Å². The number of benzene rings is 1. The van der Waals surface area contributed by atoms with Gasteiger partial charge in [0.15, 0.2) is 5.82 Å². The van der Waals surface area contributed by atoms with Crippen molar-refractivity contribution in [2.75, 3.05) is 59.7 Å². The third-order valence-corrected chi connectivity index (χ3v) is 8.09. The number of aryl methyl sites for hydroxylation is 1. The van der Waals surface area contributed by atoms with E-state index in [0.29, 0.717) is 58.2 Å². The smallest absolute Gasteiger partial charge is 0.410 e. The van der Waals surface area contributed by atoms with Crippen molar-refractivity contribution in [3.05, 3.63) is 30.1 Å². The fraction of sp³-hybridized carbons (Fsp3) is 0.697. The number of carbonyl (C=O) groups is 3. The van der Waals surface area contributed by atoms with E-state index in [2.05, 4.69) is 13.8 Å². The minimum atomic E-state index is -0.685. The highest BCUT2D eigenvalue weighted by Crippen LogP contribution is 2.28. The fourth-order valence-electron chi connectivity index (χ4n) is 6.07. The molecule has 1 aromatic carbocycles. The molecule has 0 aliphatic carbocycles. The molecule has 11 heteroatoms. The molecule has 0 unspecified atom stereocenters. The van der Waals surface area contributed by atoms with E-state index in [9.17, 15) is 14.4 Å². The number of hydrogen-bond donors (Lipinski definition) is 0. The fourth-order valence-corrected chi connectivity index (χ4v) is 6.07. The number of carbonyl (C=O) groups excluding carboxylic acids is 3. The number of rotatable bonds is 11. The number of methoxy groups -OCH3 is 1. The maximum Gasteiger partial charge on any atom is 0.410 e. The van der Waals surface area contributed by atoms with Gasteiger partial charge >= 0.3 is 6.09 Å². The van der Waals surface area contributed by atoms with E-state index in [1.54, 1.807) is 12.0 Å². The first-order valence-electron chi connectivity index (χ1n) is 16.1.